The second-order valence-corrected chi connectivity index (χ2v) is 5.27. The minimum absolute atomic E-state index is 0.218. The lowest BCUT2D eigenvalue weighted by Gasteiger charge is -2.36. The number of piperidine rings is 1. The standard InChI is InChI=1S/C15H25N3O2/c1-2-11-20-15-13(16)6-7-14(17-15)18-9-4-3-5-12(18)8-10-19/h6-7,12,19H,2-5,8-11,16H2,1H3. The van der Waals surface area contributed by atoms with Gasteiger partial charge in [-0.25, -0.2) is 0 Å². The second kappa shape index (κ2) is 7.33. The Hall–Kier alpha value is -1.49. The Morgan fingerprint density at radius 1 is 1.45 bits per heavy atom. The summed E-state index contributed by atoms with van der Waals surface area (Å²) >= 11 is 0. The predicted octanol–water partition coefficient (Wildman–Crippen LogP) is 2.19. The molecule has 1 aromatic heterocycles. The smallest absolute Gasteiger partial charge is 0.239 e. The van der Waals surface area contributed by atoms with Crippen molar-refractivity contribution in [2.75, 3.05) is 30.4 Å². The number of nitrogens with two attached hydrogens (primary N) is 1. The number of aromatic nitrogens is 1. The van der Waals surface area contributed by atoms with Crippen LogP contribution >= 0.6 is 0 Å². The Morgan fingerprint density at radius 3 is 3.05 bits per heavy atom. The van der Waals surface area contributed by atoms with Gasteiger partial charge in [-0.05, 0) is 44.2 Å². The topological polar surface area (TPSA) is 71.6 Å². The van der Waals surface area contributed by atoms with Crippen LogP contribution in [0.2, 0.25) is 0 Å². The summed E-state index contributed by atoms with van der Waals surface area (Å²) in [4.78, 5) is 6.84. The molecule has 5 heteroatoms. The van der Waals surface area contributed by atoms with Gasteiger partial charge in [0, 0.05) is 19.2 Å². The van der Waals surface area contributed by atoms with Crippen molar-refractivity contribution in [1.29, 1.82) is 0 Å². The van der Waals surface area contributed by atoms with Gasteiger partial charge in [0.2, 0.25) is 5.88 Å². The lowest BCUT2D eigenvalue weighted by Crippen LogP contribution is -2.40. The number of aliphatic hydroxyl groups is 1. The van der Waals surface area contributed by atoms with Gasteiger partial charge in [-0.3, -0.25) is 0 Å². The molecule has 112 valence electrons. The summed E-state index contributed by atoms with van der Waals surface area (Å²) < 4.78 is 5.60. The summed E-state index contributed by atoms with van der Waals surface area (Å²) in [5.41, 5.74) is 6.49. The maximum Gasteiger partial charge on any atom is 0.239 e. The molecule has 20 heavy (non-hydrogen) atoms. The van der Waals surface area contributed by atoms with Crippen LogP contribution in [0.5, 0.6) is 5.88 Å². The van der Waals surface area contributed by atoms with Crippen molar-refractivity contribution in [1.82, 2.24) is 4.98 Å². The zero-order valence-electron chi connectivity index (χ0n) is 12.2. The van der Waals surface area contributed by atoms with Crippen LogP contribution in [0, 0.1) is 0 Å². The maximum absolute atomic E-state index is 9.21. The normalized spacial score (nSPS) is 19.1. The molecule has 5 nitrogen and oxygen atoms in total. The van der Waals surface area contributed by atoms with Gasteiger partial charge in [-0.1, -0.05) is 6.92 Å². The average Bonchev–Trinajstić information content (AvgIpc) is 2.47. The largest absolute Gasteiger partial charge is 0.476 e. The highest BCUT2D eigenvalue weighted by atomic mass is 16.5. The van der Waals surface area contributed by atoms with E-state index in [0.717, 1.165) is 31.6 Å². The van der Waals surface area contributed by atoms with Crippen molar-refractivity contribution in [3.8, 4) is 5.88 Å². The van der Waals surface area contributed by atoms with E-state index in [2.05, 4.69) is 16.8 Å². The number of nitrogen functional groups attached to an aromatic ring is 1. The monoisotopic (exact) mass is 279 g/mol. The highest BCUT2D eigenvalue weighted by Crippen LogP contribution is 2.29. The van der Waals surface area contributed by atoms with Gasteiger partial charge in [0.05, 0.1) is 12.3 Å². The zero-order chi connectivity index (χ0) is 14.4. The molecule has 3 N–H and O–H groups in total. The molecular formula is C15H25N3O2. The maximum atomic E-state index is 9.21. The molecule has 0 saturated carbocycles. The molecule has 1 atom stereocenters. The molecule has 0 bridgehead atoms. The van der Waals surface area contributed by atoms with E-state index in [1.807, 2.05) is 12.1 Å². The number of pyridine rings is 1. The highest BCUT2D eigenvalue weighted by molar-refractivity contribution is 5.55. The average molecular weight is 279 g/mol. The molecule has 0 aliphatic carbocycles. The molecule has 1 aromatic rings. The van der Waals surface area contributed by atoms with Crippen molar-refractivity contribution >= 4 is 11.5 Å². The first-order valence-corrected chi connectivity index (χ1v) is 7.53. The quantitative estimate of drug-likeness (QED) is 0.835. The Labute approximate surface area is 120 Å². The summed E-state index contributed by atoms with van der Waals surface area (Å²) in [6.07, 6.45) is 5.21. The SMILES string of the molecule is CCCOc1nc(N2CCCCC2CCO)ccc1N. The van der Waals surface area contributed by atoms with Gasteiger partial charge in [0.25, 0.3) is 0 Å². The molecule has 1 aliphatic rings. The lowest BCUT2D eigenvalue weighted by atomic mass is 9.99. The minimum atomic E-state index is 0.218. The van der Waals surface area contributed by atoms with Gasteiger partial charge in [0.15, 0.2) is 0 Å². The third-order valence-corrected chi connectivity index (χ3v) is 3.70. The van der Waals surface area contributed by atoms with Crippen LogP contribution < -0.4 is 15.4 Å². The molecule has 0 spiro atoms. The number of aliphatic hydroxyl groups excluding tert-OH is 1. The number of hydrogen-bond donors (Lipinski definition) is 2. The molecule has 1 unspecified atom stereocenters. The summed E-state index contributed by atoms with van der Waals surface area (Å²) in [5.74, 6) is 1.43. The zero-order valence-corrected chi connectivity index (χ0v) is 12.2. The fourth-order valence-corrected chi connectivity index (χ4v) is 2.67. The van der Waals surface area contributed by atoms with Crippen LogP contribution in [0.15, 0.2) is 12.1 Å². The fraction of sp³-hybridized carbons (Fsp3) is 0.667. The van der Waals surface area contributed by atoms with E-state index in [0.29, 0.717) is 24.2 Å². The van der Waals surface area contributed by atoms with E-state index in [4.69, 9.17) is 10.5 Å². The van der Waals surface area contributed by atoms with E-state index in [9.17, 15) is 5.11 Å². The summed E-state index contributed by atoms with van der Waals surface area (Å²) in [6.45, 7) is 3.88. The third kappa shape index (κ3) is 3.54. The highest BCUT2D eigenvalue weighted by Gasteiger charge is 2.23. The first-order chi connectivity index (χ1) is 9.76. The van der Waals surface area contributed by atoms with Gasteiger partial charge in [-0.15, -0.1) is 0 Å². The Balaban J connectivity index is 2.17. The molecule has 1 fully saturated rings. The number of anilines is 2. The van der Waals surface area contributed by atoms with Gasteiger partial charge in [0.1, 0.15) is 5.82 Å². The Bertz CT molecular complexity index is 424. The molecule has 0 radical (unpaired) electrons. The van der Waals surface area contributed by atoms with Crippen molar-refractivity contribution in [3.05, 3.63) is 12.1 Å². The molecule has 2 rings (SSSR count). The minimum Gasteiger partial charge on any atom is -0.476 e. The van der Waals surface area contributed by atoms with Gasteiger partial charge < -0.3 is 20.5 Å². The summed E-state index contributed by atoms with van der Waals surface area (Å²) in [6, 6.07) is 4.17. The summed E-state index contributed by atoms with van der Waals surface area (Å²) in [7, 11) is 0. The number of hydrogen-bond acceptors (Lipinski definition) is 5. The Morgan fingerprint density at radius 2 is 2.30 bits per heavy atom. The molecule has 2 heterocycles. The van der Waals surface area contributed by atoms with Crippen LogP contribution in [0.25, 0.3) is 0 Å². The number of nitrogens with zero attached hydrogens (tertiary/aromatic N) is 2. The van der Waals surface area contributed by atoms with Crippen molar-refractivity contribution in [2.45, 2.75) is 45.1 Å². The molecular weight excluding hydrogens is 254 g/mol. The van der Waals surface area contributed by atoms with E-state index in [-0.39, 0.29) is 6.61 Å². The predicted molar refractivity (Wildman–Crippen MR) is 81.1 cm³/mol. The van der Waals surface area contributed by atoms with Crippen LogP contribution in [-0.2, 0) is 0 Å². The Kier molecular flexibility index (Phi) is 5.47. The van der Waals surface area contributed by atoms with Crippen LogP contribution in [0.4, 0.5) is 11.5 Å². The fourth-order valence-electron chi connectivity index (χ4n) is 2.67. The van der Waals surface area contributed by atoms with E-state index in [1.165, 1.54) is 12.8 Å². The molecule has 1 aliphatic heterocycles. The molecule has 1 saturated heterocycles. The number of ether oxygens (including phenoxy) is 1. The van der Waals surface area contributed by atoms with Crippen molar-refractivity contribution in [2.24, 2.45) is 0 Å². The van der Waals surface area contributed by atoms with Crippen LogP contribution in [-0.4, -0.2) is 35.9 Å². The molecule has 0 amide bonds. The van der Waals surface area contributed by atoms with E-state index < -0.39 is 0 Å². The van der Waals surface area contributed by atoms with E-state index in [1.54, 1.807) is 0 Å². The molecule has 0 aromatic carbocycles. The first kappa shape index (κ1) is 14.9. The van der Waals surface area contributed by atoms with Crippen LogP contribution in [0.3, 0.4) is 0 Å². The van der Waals surface area contributed by atoms with Crippen LogP contribution in [0.1, 0.15) is 39.0 Å². The first-order valence-electron chi connectivity index (χ1n) is 7.53. The second-order valence-electron chi connectivity index (χ2n) is 5.27. The lowest BCUT2D eigenvalue weighted by molar-refractivity contribution is 0.261. The number of rotatable bonds is 6. The van der Waals surface area contributed by atoms with Gasteiger partial charge in [-0.2, -0.15) is 4.98 Å². The van der Waals surface area contributed by atoms with Crippen molar-refractivity contribution < 1.29 is 9.84 Å². The van der Waals surface area contributed by atoms with Gasteiger partial charge >= 0.3 is 0 Å². The third-order valence-electron chi connectivity index (χ3n) is 3.70. The van der Waals surface area contributed by atoms with E-state index >= 15 is 0 Å². The van der Waals surface area contributed by atoms with Crippen molar-refractivity contribution in [3.63, 3.8) is 0 Å². The summed E-state index contributed by atoms with van der Waals surface area (Å²) in [5, 5.41) is 9.21.